The predicted molar refractivity (Wildman–Crippen MR) is 127 cm³/mol. The molecule has 5 heteroatoms. The zero-order chi connectivity index (χ0) is 21.9. The lowest BCUT2D eigenvalue weighted by Gasteiger charge is -2.27. The van der Waals surface area contributed by atoms with Gasteiger partial charge in [-0.25, -0.2) is 0 Å². The van der Waals surface area contributed by atoms with Gasteiger partial charge in [-0.3, -0.25) is 4.79 Å². The van der Waals surface area contributed by atoms with Gasteiger partial charge in [0, 0.05) is 31.2 Å². The highest BCUT2D eigenvalue weighted by Crippen LogP contribution is 2.33. The van der Waals surface area contributed by atoms with Gasteiger partial charge in [0.05, 0.1) is 12.6 Å². The Hall–Kier alpha value is -2.04. The minimum Gasteiger partial charge on any atom is -0.466 e. The van der Waals surface area contributed by atoms with Gasteiger partial charge in [0.1, 0.15) is 0 Å². The minimum absolute atomic E-state index is 0.0711. The monoisotopic (exact) mass is 430 g/mol. The average Bonchev–Trinajstić information content (AvgIpc) is 2.72. The van der Waals surface area contributed by atoms with Crippen LogP contribution >= 0.6 is 11.6 Å². The first kappa shape index (κ1) is 24.2. The third-order valence-corrected chi connectivity index (χ3v) is 5.48. The van der Waals surface area contributed by atoms with E-state index in [2.05, 4.69) is 67.6 Å². The Morgan fingerprint density at radius 3 is 2.53 bits per heavy atom. The molecular weight excluding hydrogens is 396 g/mol. The van der Waals surface area contributed by atoms with Crippen LogP contribution in [0.4, 0.5) is 5.69 Å². The summed E-state index contributed by atoms with van der Waals surface area (Å²) < 4.78 is 4.98. The number of aryl methyl sites for hydroxylation is 1. The minimum atomic E-state index is -0.0904. The van der Waals surface area contributed by atoms with E-state index in [1.54, 1.807) is 0 Å². The lowest BCUT2D eigenvalue weighted by molar-refractivity contribution is -0.143. The van der Waals surface area contributed by atoms with Crippen molar-refractivity contribution in [3.63, 3.8) is 0 Å². The Bertz CT molecular complexity index is 807. The van der Waals surface area contributed by atoms with Gasteiger partial charge < -0.3 is 15.0 Å². The molecule has 0 saturated carbocycles. The van der Waals surface area contributed by atoms with E-state index in [9.17, 15) is 4.79 Å². The van der Waals surface area contributed by atoms with E-state index in [1.165, 1.54) is 22.4 Å². The van der Waals surface area contributed by atoms with E-state index in [0.29, 0.717) is 13.0 Å². The molecule has 0 spiro atoms. The molecule has 0 aliphatic rings. The molecule has 0 aliphatic heterocycles. The third-order valence-electron chi connectivity index (χ3n) is 5.24. The number of nitrogens with zero attached hydrogens (tertiary/aromatic N) is 1. The summed E-state index contributed by atoms with van der Waals surface area (Å²) in [6.45, 7) is 5.34. The standard InChI is InChI=1S/C25H35ClN2O2/c1-5-30-24(29)14-8-6-7-11-17-27-25(22-18-20(26)16-15-19(22)2)21-12-9-10-13-23(21)28(3)4/h9-10,12-13,15-16,18,25,27H,5-8,11,14,17H2,1-4H3. The molecule has 164 valence electrons. The van der Waals surface area contributed by atoms with Crippen LogP contribution in [-0.4, -0.2) is 33.2 Å². The van der Waals surface area contributed by atoms with Crippen molar-refractivity contribution in [3.05, 3.63) is 64.2 Å². The topological polar surface area (TPSA) is 41.6 Å². The van der Waals surface area contributed by atoms with Crippen LogP contribution in [0.3, 0.4) is 0 Å². The number of para-hydroxylation sites is 1. The molecule has 2 aromatic rings. The molecule has 0 amide bonds. The van der Waals surface area contributed by atoms with E-state index >= 15 is 0 Å². The van der Waals surface area contributed by atoms with Gasteiger partial charge in [-0.1, -0.05) is 48.7 Å². The normalized spacial score (nSPS) is 11.9. The number of esters is 1. The lowest BCUT2D eigenvalue weighted by atomic mass is 9.93. The van der Waals surface area contributed by atoms with Crippen LogP contribution in [0.1, 0.15) is 61.8 Å². The van der Waals surface area contributed by atoms with E-state index in [4.69, 9.17) is 16.3 Å². The molecule has 0 radical (unpaired) electrons. The fourth-order valence-electron chi connectivity index (χ4n) is 3.68. The van der Waals surface area contributed by atoms with E-state index in [1.807, 2.05) is 13.0 Å². The highest BCUT2D eigenvalue weighted by Gasteiger charge is 2.20. The van der Waals surface area contributed by atoms with Crippen molar-refractivity contribution in [3.8, 4) is 0 Å². The largest absolute Gasteiger partial charge is 0.466 e. The number of hydrogen-bond acceptors (Lipinski definition) is 4. The molecule has 1 atom stereocenters. The van der Waals surface area contributed by atoms with E-state index < -0.39 is 0 Å². The summed E-state index contributed by atoms with van der Waals surface area (Å²) in [5.41, 5.74) is 4.87. The predicted octanol–water partition coefficient (Wildman–Crippen LogP) is 5.91. The number of unbranched alkanes of at least 4 members (excludes halogenated alkanes) is 3. The van der Waals surface area contributed by atoms with Crippen molar-refractivity contribution in [1.29, 1.82) is 0 Å². The first-order valence-corrected chi connectivity index (χ1v) is 11.2. The van der Waals surface area contributed by atoms with Crippen molar-refractivity contribution in [2.24, 2.45) is 0 Å². The van der Waals surface area contributed by atoms with Crippen molar-refractivity contribution >= 4 is 23.3 Å². The molecule has 4 nitrogen and oxygen atoms in total. The smallest absolute Gasteiger partial charge is 0.305 e. The van der Waals surface area contributed by atoms with Crippen molar-refractivity contribution in [2.75, 3.05) is 32.1 Å². The van der Waals surface area contributed by atoms with Crippen LogP contribution < -0.4 is 10.2 Å². The summed E-state index contributed by atoms with van der Waals surface area (Å²) in [6.07, 6.45) is 4.59. The molecule has 1 N–H and O–H groups in total. The Morgan fingerprint density at radius 1 is 1.07 bits per heavy atom. The molecule has 0 aromatic heterocycles. The molecule has 2 rings (SSSR count). The fraction of sp³-hybridized carbons (Fsp3) is 0.480. The van der Waals surface area contributed by atoms with Gasteiger partial charge in [-0.2, -0.15) is 0 Å². The van der Waals surface area contributed by atoms with Crippen molar-refractivity contribution in [1.82, 2.24) is 5.32 Å². The quantitative estimate of drug-likeness (QED) is 0.336. The summed E-state index contributed by atoms with van der Waals surface area (Å²) in [5, 5.41) is 4.51. The molecule has 1 unspecified atom stereocenters. The van der Waals surface area contributed by atoms with Crippen LogP contribution in [0, 0.1) is 6.92 Å². The second-order valence-corrected chi connectivity index (χ2v) is 8.25. The molecule has 0 saturated heterocycles. The fourth-order valence-corrected chi connectivity index (χ4v) is 3.86. The van der Waals surface area contributed by atoms with Gasteiger partial charge in [-0.15, -0.1) is 0 Å². The van der Waals surface area contributed by atoms with Crippen molar-refractivity contribution in [2.45, 2.75) is 52.0 Å². The second-order valence-electron chi connectivity index (χ2n) is 7.81. The second kappa shape index (κ2) is 12.6. The van der Waals surface area contributed by atoms with Gasteiger partial charge in [-0.05, 0) is 68.1 Å². The first-order chi connectivity index (χ1) is 14.4. The first-order valence-electron chi connectivity index (χ1n) is 10.8. The Morgan fingerprint density at radius 2 is 1.80 bits per heavy atom. The number of benzene rings is 2. The van der Waals surface area contributed by atoms with Gasteiger partial charge >= 0.3 is 5.97 Å². The molecule has 0 heterocycles. The number of carbonyl (C=O) groups excluding carboxylic acids is 1. The van der Waals surface area contributed by atoms with Crippen LogP contribution in [-0.2, 0) is 9.53 Å². The number of nitrogens with one attached hydrogen (secondary N) is 1. The van der Waals surface area contributed by atoms with Crippen LogP contribution in [0.2, 0.25) is 5.02 Å². The number of hydrogen-bond donors (Lipinski definition) is 1. The average molecular weight is 431 g/mol. The van der Waals surface area contributed by atoms with Crippen molar-refractivity contribution < 1.29 is 9.53 Å². The number of ether oxygens (including phenoxy) is 1. The molecule has 0 aliphatic carbocycles. The Kier molecular flexibility index (Phi) is 10.2. The molecule has 2 aromatic carbocycles. The Balaban J connectivity index is 2.04. The number of halogens is 1. The van der Waals surface area contributed by atoms with Gasteiger partial charge in [0.2, 0.25) is 0 Å². The molecular formula is C25H35ClN2O2. The maximum Gasteiger partial charge on any atom is 0.305 e. The summed E-state index contributed by atoms with van der Waals surface area (Å²) in [7, 11) is 4.15. The van der Waals surface area contributed by atoms with E-state index in [-0.39, 0.29) is 12.0 Å². The highest BCUT2D eigenvalue weighted by molar-refractivity contribution is 6.30. The summed E-state index contributed by atoms with van der Waals surface area (Å²) in [4.78, 5) is 13.6. The number of rotatable bonds is 12. The Labute approximate surface area is 186 Å². The molecule has 0 bridgehead atoms. The SMILES string of the molecule is CCOC(=O)CCCCCCNC(c1cc(Cl)ccc1C)c1ccccc1N(C)C. The highest BCUT2D eigenvalue weighted by atomic mass is 35.5. The van der Waals surface area contributed by atoms with Gasteiger partial charge in [0.25, 0.3) is 0 Å². The lowest BCUT2D eigenvalue weighted by Crippen LogP contribution is -2.26. The summed E-state index contributed by atoms with van der Waals surface area (Å²) >= 11 is 6.34. The van der Waals surface area contributed by atoms with Gasteiger partial charge in [0.15, 0.2) is 0 Å². The zero-order valence-corrected chi connectivity index (χ0v) is 19.5. The van der Waals surface area contributed by atoms with Crippen LogP contribution in [0.15, 0.2) is 42.5 Å². The number of anilines is 1. The maximum atomic E-state index is 11.4. The van der Waals surface area contributed by atoms with Crippen LogP contribution in [0.5, 0.6) is 0 Å². The summed E-state index contributed by atoms with van der Waals surface area (Å²) in [6, 6.07) is 14.7. The molecule has 30 heavy (non-hydrogen) atoms. The maximum absolute atomic E-state index is 11.4. The third kappa shape index (κ3) is 7.33. The number of carbonyl (C=O) groups is 1. The van der Waals surface area contributed by atoms with E-state index in [0.717, 1.165) is 37.3 Å². The summed E-state index contributed by atoms with van der Waals surface area (Å²) in [5.74, 6) is -0.0904. The van der Waals surface area contributed by atoms with Crippen LogP contribution in [0.25, 0.3) is 0 Å². The molecule has 0 fully saturated rings. The zero-order valence-electron chi connectivity index (χ0n) is 18.7.